The summed E-state index contributed by atoms with van der Waals surface area (Å²) in [5.74, 6) is -1.13. The van der Waals surface area contributed by atoms with Gasteiger partial charge < -0.3 is 14.4 Å². The lowest BCUT2D eigenvalue weighted by molar-refractivity contribution is -0.259. The molecule has 214 valence electrons. The van der Waals surface area contributed by atoms with Crippen molar-refractivity contribution in [3.8, 4) is 11.3 Å². The minimum atomic E-state index is -5.09. The van der Waals surface area contributed by atoms with E-state index in [2.05, 4.69) is 10.3 Å². The summed E-state index contributed by atoms with van der Waals surface area (Å²) in [6.07, 6.45) is -2.09. The van der Waals surface area contributed by atoms with E-state index in [4.69, 9.17) is 9.72 Å². The van der Waals surface area contributed by atoms with Crippen molar-refractivity contribution >= 4 is 21.9 Å². The number of aromatic nitrogens is 5. The molecular formula is C30H29F4N5O2. The molecule has 2 atom stereocenters. The van der Waals surface area contributed by atoms with E-state index >= 15 is 4.39 Å². The highest BCUT2D eigenvalue weighted by atomic mass is 19.4. The van der Waals surface area contributed by atoms with Crippen LogP contribution in [-0.2, 0) is 17.4 Å². The number of fused-ring (bicyclic) bond motifs is 3. The van der Waals surface area contributed by atoms with E-state index in [9.17, 15) is 18.3 Å². The summed E-state index contributed by atoms with van der Waals surface area (Å²) >= 11 is 0. The van der Waals surface area contributed by atoms with Gasteiger partial charge in [-0.1, -0.05) is 47.7 Å². The van der Waals surface area contributed by atoms with Crippen molar-refractivity contribution in [2.24, 2.45) is 13.0 Å². The second-order valence-electron chi connectivity index (χ2n) is 10.8. The maximum absolute atomic E-state index is 16.6. The highest BCUT2D eigenvalue weighted by Crippen LogP contribution is 2.45. The molecule has 1 N–H and O–H groups in total. The largest absolute Gasteiger partial charge is 0.421 e. The van der Waals surface area contributed by atoms with Gasteiger partial charge in [0.1, 0.15) is 0 Å². The van der Waals surface area contributed by atoms with Crippen LogP contribution in [-0.4, -0.2) is 49.0 Å². The number of alkyl halides is 3. The number of benzene rings is 2. The van der Waals surface area contributed by atoms with Crippen LogP contribution in [0.3, 0.4) is 0 Å². The molecule has 2 unspecified atom stereocenters. The molecule has 0 bridgehead atoms. The second kappa shape index (κ2) is 9.92. The van der Waals surface area contributed by atoms with Gasteiger partial charge in [0.2, 0.25) is 0 Å². The van der Waals surface area contributed by atoms with E-state index in [1.54, 1.807) is 22.5 Å². The van der Waals surface area contributed by atoms with Crippen molar-refractivity contribution in [3.63, 3.8) is 0 Å². The van der Waals surface area contributed by atoms with Crippen molar-refractivity contribution in [1.29, 1.82) is 0 Å². The van der Waals surface area contributed by atoms with Gasteiger partial charge >= 0.3 is 6.18 Å². The van der Waals surface area contributed by atoms with Gasteiger partial charge in [-0.2, -0.15) is 13.2 Å². The van der Waals surface area contributed by atoms with Gasteiger partial charge in [0.25, 0.3) is 0 Å². The monoisotopic (exact) mass is 567 g/mol. The molecule has 11 heteroatoms. The number of nitrogens with zero attached hydrogens (tertiary/aromatic N) is 5. The van der Waals surface area contributed by atoms with Crippen LogP contribution in [0, 0.1) is 18.7 Å². The van der Waals surface area contributed by atoms with Crippen LogP contribution < -0.4 is 0 Å². The number of halogens is 4. The Morgan fingerprint density at radius 3 is 2.41 bits per heavy atom. The smallest absolute Gasteiger partial charge is 0.381 e. The van der Waals surface area contributed by atoms with E-state index in [0.29, 0.717) is 60.7 Å². The lowest BCUT2D eigenvalue weighted by atomic mass is 9.86. The number of hydrogen-bond acceptors (Lipinski definition) is 5. The first-order chi connectivity index (χ1) is 19.5. The molecule has 1 saturated heterocycles. The molecule has 0 aliphatic carbocycles. The lowest BCUT2D eigenvalue weighted by Gasteiger charge is -2.33. The van der Waals surface area contributed by atoms with Crippen LogP contribution in [0.4, 0.5) is 17.6 Å². The first-order valence-corrected chi connectivity index (χ1v) is 13.4. The van der Waals surface area contributed by atoms with E-state index in [-0.39, 0.29) is 11.4 Å². The first kappa shape index (κ1) is 27.3. The lowest BCUT2D eigenvalue weighted by Crippen LogP contribution is -2.40. The van der Waals surface area contributed by atoms with Crippen LogP contribution in [0.1, 0.15) is 42.6 Å². The Labute approximate surface area is 233 Å². The molecule has 1 aliphatic heterocycles. The molecule has 1 aliphatic rings. The maximum atomic E-state index is 16.6. The van der Waals surface area contributed by atoms with E-state index in [1.165, 1.54) is 6.07 Å². The Balaban J connectivity index is 1.73. The van der Waals surface area contributed by atoms with Crippen LogP contribution in [0.25, 0.3) is 33.2 Å². The van der Waals surface area contributed by atoms with Gasteiger partial charge in [0.05, 0.1) is 34.0 Å². The number of hydrogen-bond donors (Lipinski definition) is 1. The molecule has 2 aromatic carbocycles. The van der Waals surface area contributed by atoms with E-state index < -0.39 is 29.2 Å². The molecule has 0 saturated carbocycles. The SMILES string of the molecule is Cc1nnn(C)c1-c1cnc2c3ccc(C(C)(O)C(F)(F)F)c(F)c3n(C(c3ccccc3)C3CCOCC3)c2c1. The van der Waals surface area contributed by atoms with Crippen LogP contribution in [0.2, 0.25) is 0 Å². The molecule has 5 aromatic rings. The van der Waals surface area contributed by atoms with E-state index in [0.717, 1.165) is 17.3 Å². The average Bonchev–Trinajstić information content (AvgIpc) is 3.46. The summed E-state index contributed by atoms with van der Waals surface area (Å²) in [6, 6.07) is 13.4. The molecule has 7 nitrogen and oxygen atoms in total. The van der Waals surface area contributed by atoms with Gasteiger partial charge in [0.15, 0.2) is 11.4 Å². The normalized spacial score (nSPS) is 17.3. The fourth-order valence-electron chi connectivity index (χ4n) is 6.07. The molecule has 0 spiro atoms. The third-order valence-electron chi connectivity index (χ3n) is 8.22. The van der Waals surface area contributed by atoms with Crippen LogP contribution in [0.15, 0.2) is 54.7 Å². The van der Waals surface area contributed by atoms with Gasteiger partial charge in [-0.15, -0.1) is 5.10 Å². The first-order valence-electron chi connectivity index (χ1n) is 13.4. The molecule has 0 amide bonds. The van der Waals surface area contributed by atoms with E-state index in [1.807, 2.05) is 43.3 Å². The Morgan fingerprint density at radius 1 is 1.07 bits per heavy atom. The summed E-state index contributed by atoms with van der Waals surface area (Å²) < 4.78 is 67.4. The molecule has 6 rings (SSSR count). The predicted molar refractivity (Wildman–Crippen MR) is 146 cm³/mol. The predicted octanol–water partition coefficient (Wildman–Crippen LogP) is 6.22. The summed E-state index contributed by atoms with van der Waals surface area (Å²) in [5.41, 5.74) is -0.303. The molecule has 0 radical (unpaired) electrons. The summed E-state index contributed by atoms with van der Waals surface area (Å²) in [6.45, 7) is 3.43. The average molecular weight is 568 g/mol. The fourth-order valence-corrected chi connectivity index (χ4v) is 6.07. The Kier molecular flexibility index (Phi) is 6.61. The molecule has 4 heterocycles. The molecule has 1 fully saturated rings. The molecular weight excluding hydrogens is 538 g/mol. The van der Waals surface area contributed by atoms with Gasteiger partial charge in [-0.25, -0.2) is 9.07 Å². The Bertz CT molecular complexity index is 1720. The standard InChI is InChI=1S/C30H29F4N5O2/c1-17-26(38(3)37-36-17)20-15-23-25(35-16-20)21-9-10-22(29(2,40)30(32,33)34)24(31)28(21)39(23)27(18-7-5-4-6-8-18)19-11-13-41-14-12-19/h4-10,15-16,19,27,40H,11-14H2,1-3H3. The van der Waals surface area contributed by atoms with Crippen molar-refractivity contribution < 1.29 is 27.4 Å². The van der Waals surface area contributed by atoms with Gasteiger partial charge in [-0.3, -0.25) is 4.98 Å². The Hall–Kier alpha value is -3.83. The number of aryl methyl sites for hydroxylation is 2. The highest BCUT2D eigenvalue weighted by Gasteiger charge is 2.53. The summed E-state index contributed by atoms with van der Waals surface area (Å²) in [7, 11) is 1.76. The highest BCUT2D eigenvalue weighted by molar-refractivity contribution is 6.07. The zero-order valence-electron chi connectivity index (χ0n) is 22.8. The third kappa shape index (κ3) is 4.38. The number of aliphatic hydroxyl groups is 1. The molecule has 41 heavy (non-hydrogen) atoms. The molecule has 3 aromatic heterocycles. The minimum absolute atomic E-state index is 0.0000978. The Morgan fingerprint density at radius 2 is 1.78 bits per heavy atom. The fraction of sp³-hybridized carbons (Fsp3) is 0.367. The van der Waals surface area contributed by atoms with Gasteiger partial charge in [0, 0.05) is 43.0 Å². The number of pyridine rings is 1. The zero-order valence-corrected chi connectivity index (χ0v) is 22.8. The quantitative estimate of drug-likeness (QED) is 0.255. The topological polar surface area (TPSA) is 78.0 Å². The van der Waals surface area contributed by atoms with Crippen LogP contribution >= 0.6 is 0 Å². The number of ether oxygens (including phenoxy) is 1. The summed E-state index contributed by atoms with van der Waals surface area (Å²) in [4.78, 5) is 4.71. The van der Waals surface area contributed by atoms with Crippen molar-refractivity contribution in [3.05, 3.63) is 77.4 Å². The van der Waals surface area contributed by atoms with Crippen molar-refractivity contribution in [2.75, 3.05) is 13.2 Å². The van der Waals surface area contributed by atoms with Crippen LogP contribution in [0.5, 0.6) is 0 Å². The third-order valence-corrected chi connectivity index (χ3v) is 8.22. The second-order valence-corrected chi connectivity index (χ2v) is 10.8. The number of rotatable bonds is 5. The maximum Gasteiger partial charge on any atom is 0.421 e. The summed E-state index contributed by atoms with van der Waals surface area (Å²) in [5, 5.41) is 19.1. The van der Waals surface area contributed by atoms with Gasteiger partial charge in [-0.05, 0) is 44.2 Å². The van der Waals surface area contributed by atoms with Crippen molar-refractivity contribution in [2.45, 2.75) is 44.5 Å². The minimum Gasteiger partial charge on any atom is -0.381 e. The zero-order chi connectivity index (χ0) is 29.1. The van der Waals surface area contributed by atoms with Crippen molar-refractivity contribution in [1.82, 2.24) is 24.5 Å².